The quantitative estimate of drug-likeness (QED) is 0.481. The van der Waals surface area contributed by atoms with Gasteiger partial charge in [-0.05, 0) is 43.2 Å². The van der Waals surface area contributed by atoms with Gasteiger partial charge >= 0.3 is 0 Å². The molecule has 0 unspecified atom stereocenters. The lowest BCUT2D eigenvalue weighted by atomic mass is 10.0. The molecule has 35 heavy (non-hydrogen) atoms. The molecule has 0 aliphatic carbocycles. The second kappa shape index (κ2) is 10.8. The highest BCUT2D eigenvalue weighted by atomic mass is 32.2. The molecule has 4 rings (SSSR count). The lowest BCUT2D eigenvalue weighted by Crippen LogP contribution is -2.32. The van der Waals surface area contributed by atoms with Gasteiger partial charge in [0, 0.05) is 35.5 Å². The Labute approximate surface area is 205 Å². The van der Waals surface area contributed by atoms with Crippen molar-refractivity contribution in [2.75, 3.05) is 25.5 Å². The zero-order valence-corrected chi connectivity index (χ0v) is 20.4. The van der Waals surface area contributed by atoms with Crippen LogP contribution in [0.2, 0.25) is 0 Å². The van der Waals surface area contributed by atoms with Gasteiger partial charge in [0.1, 0.15) is 10.6 Å². The summed E-state index contributed by atoms with van der Waals surface area (Å²) in [6.07, 6.45) is 3.61. The molecule has 0 radical (unpaired) electrons. The van der Waals surface area contributed by atoms with Crippen molar-refractivity contribution in [1.82, 2.24) is 4.31 Å². The van der Waals surface area contributed by atoms with E-state index in [-0.39, 0.29) is 22.0 Å². The molecular weight excluding hydrogens is 464 g/mol. The summed E-state index contributed by atoms with van der Waals surface area (Å²) in [6.45, 7) is 0.897. The molecule has 0 bridgehead atoms. The summed E-state index contributed by atoms with van der Waals surface area (Å²) in [4.78, 5) is 25.8. The number of rotatable bonds is 7. The number of sulfonamides is 1. The molecular formula is C27H28N2O5S. The fraction of sp³-hybridized carbons (Fsp3) is 0.259. The minimum absolute atomic E-state index is 0.0254. The van der Waals surface area contributed by atoms with Gasteiger partial charge < -0.3 is 10.1 Å². The van der Waals surface area contributed by atoms with Gasteiger partial charge in [0.2, 0.25) is 10.0 Å². The average molecular weight is 493 g/mol. The lowest BCUT2D eigenvalue weighted by Gasteiger charge is -2.21. The van der Waals surface area contributed by atoms with E-state index in [1.807, 2.05) is 6.07 Å². The van der Waals surface area contributed by atoms with Crippen molar-refractivity contribution in [1.29, 1.82) is 0 Å². The standard InChI is InChI=1S/C27H28N2O5S/c1-34-24-15-14-22(19-25(24)35(32,33)29-16-7-2-3-8-17-29)27(31)28-23-13-9-12-21(18-23)26(30)20-10-5-4-6-11-20/h4-6,9-15,18-19H,2-3,7-8,16-17H2,1H3,(H,28,31). The second-order valence-corrected chi connectivity index (χ2v) is 10.3. The van der Waals surface area contributed by atoms with Crippen LogP contribution >= 0.6 is 0 Å². The molecule has 3 aromatic carbocycles. The third-order valence-corrected chi connectivity index (χ3v) is 7.95. The molecule has 1 saturated heterocycles. The number of nitrogens with zero attached hydrogens (tertiary/aromatic N) is 1. The van der Waals surface area contributed by atoms with Crippen LogP contribution in [0.3, 0.4) is 0 Å². The first-order valence-corrected chi connectivity index (χ1v) is 13.0. The maximum atomic E-state index is 13.4. The summed E-state index contributed by atoms with van der Waals surface area (Å²) in [5.41, 5.74) is 1.60. The van der Waals surface area contributed by atoms with Crippen molar-refractivity contribution in [3.05, 3.63) is 89.5 Å². The lowest BCUT2D eigenvalue weighted by molar-refractivity contribution is 0.102. The van der Waals surface area contributed by atoms with E-state index in [9.17, 15) is 18.0 Å². The molecule has 0 aromatic heterocycles. The van der Waals surface area contributed by atoms with Gasteiger partial charge in [-0.2, -0.15) is 4.31 Å². The number of ketones is 1. The average Bonchev–Trinajstić information content (AvgIpc) is 3.19. The number of amides is 1. The normalized spacial score (nSPS) is 14.7. The summed E-state index contributed by atoms with van der Waals surface area (Å²) in [5, 5.41) is 2.77. The van der Waals surface area contributed by atoms with Gasteiger partial charge in [-0.15, -0.1) is 0 Å². The number of anilines is 1. The van der Waals surface area contributed by atoms with Gasteiger partial charge in [-0.3, -0.25) is 9.59 Å². The van der Waals surface area contributed by atoms with E-state index >= 15 is 0 Å². The Kier molecular flexibility index (Phi) is 7.63. The Morgan fingerprint density at radius 1 is 0.800 bits per heavy atom. The number of methoxy groups -OCH3 is 1. The maximum absolute atomic E-state index is 13.4. The van der Waals surface area contributed by atoms with E-state index in [1.165, 1.54) is 29.6 Å². The minimum Gasteiger partial charge on any atom is -0.495 e. The van der Waals surface area contributed by atoms with Crippen LogP contribution in [-0.4, -0.2) is 44.6 Å². The number of carbonyl (C=O) groups is 2. The van der Waals surface area contributed by atoms with Crippen LogP contribution in [0, 0.1) is 0 Å². The van der Waals surface area contributed by atoms with Gasteiger partial charge in [0.05, 0.1) is 7.11 Å². The molecule has 182 valence electrons. The first-order chi connectivity index (χ1) is 16.9. The first-order valence-electron chi connectivity index (χ1n) is 11.6. The van der Waals surface area contributed by atoms with Crippen LogP contribution < -0.4 is 10.1 Å². The topological polar surface area (TPSA) is 92.8 Å². The highest BCUT2D eigenvalue weighted by Gasteiger charge is 2.29. The molecule has 1 aliphatic rings. The summed E-state index contributed by atoms with van der Waals surface area (Å²) in [6, 6.07) is 19.9. The van der Waals surface area contributed by atoms with Crippen molar-refractivity contribution in [2.24, 2.45) is 0 Å². The van der Waals surface area contributed by atoms with Crippen LogP contribution in [0.1, 0.15) is 52.0 Å². The molecule has 1 heterocycles. The SMILES string of the molecule is COc1ccc(C(=O)Nc2cccc(C(=O)c3ccccc3)c2)cc1S(=O)(=O)N1CCCCCC1. The molecule has 1 amide bonds. The fourth-order valence-electron chi connectivity index (χ4n) is 4.14. The van der Waals surface area contributed by atoms with Gasteiger partial charge in [-0.1, -0.05) is 55.3 Å². The maximum Gasteiger partial charge on any atom is 0.255 e. The van der Waals surface area contributed by atoms with Crippen LogP contribution in [0.4, 0.5) is 5.69 Å². The Morgan fingerprint density at radius 2 is 1.49 bits per heavy atom. The van der Waals surface area contributed by atoms with Crippen LogP contribution in [0.25, 0.3) is 0 Å². The minimum atomic E-state index is -3.82. The molecule has 0 spiro atoms. The molecule has 0 saturated carbocycles. The first kappa shape index (κ1) is 24.6. The van der Waals surface area contributed by atoms with Crippen LogP contribution in [0.15, 0.2) is 77.7 Å². The highest BCUT2D eigenvalue weighted by molar-refractivity contribution is 7.89. The highest BCUT2D eigenvalue weighted by Crippen LogP contribution is 2.30. The van der Waals surface area contributed by atoms with E-state index < -0.39 is 15.9 Å². The monoisotopic (exact) mass is 492 g/mol. The summed E-state index contributed by atoms with van der Waals surface area (Å²) >= 11 is 0. The van der Waals surface area contributed by atoms with Crippen molar-refractivity contribution >= 4 is 27.4 Å². The smallest absolute Gasteiger partial charge is 0.255 e. The van der Waals surface area contributed by atoms with Crippen LogP contribution in [-0.2, 0) is 10.0 Å². The van der Waals surface area contributed by atoms with E-state index in [4.69, 9.17) is 4.74 Å². The molecule has 7 nitrogen and oxygen atoms in total. The van der Waals surface area contributed by atoms with Gasteiger partial charge in [0.15, 0.2) is 5.78 Å². The van der Waals surface area contributed by atoms with Crippen LogP contribution in [0.5, 0.6) is 5.75 Å². The van der Waals surface area contributed by atoms with Crippen molar-refractivity contribution in [3.8, 4) is 5.75 Å². The number of hydrogen-bond acceptors (Lipinski definition) is 5. The third-order valence-electron chi connectivity index (χ3n) is 6.03. The van der Waals surface area contributed by atoms with E-state index in [1.54, 1.807) is 48.5 Å². The Hall–Kier alpha value is -3.49. The zero-order valence-electron chi connectivity index (χ0n) is 19.6. The van der Waals surface area contributed by atoms with Crippen molar-refractivity contribution in [3.63, 3.8) is 0 Å². The summed E-state index contributed by atoms with van der Waals surface area (Å²) in [5.74, 6) is -0.442. The van der Waals surface area contributed by atoms with Crippen molar-refractivity contribution in [2.45, 2.75) is 30.6 Å². The molecule has 1 fully saturated rings. The molecule has 3 aromatic rings. The number of nitrogens with one attached hydrogen (secondary N) is 1. The molecule has 1 aliphatic heterocycles. The number of carbonyl (C=O) groups excluding carboxylic acids is 2. The number of hydrogen-bond donors (Lipinski definition) is 1. The molecule has 8 heteroatoms. The third kappa shape index (κ3) is 5.61. The predicted octanol–water partition coefficient (Wildman–Crippen LogP) is 4.74. The van der Waals surface area contributed by atoms with E-state index in [2.05, 4.69) is 5.32 Å². The number of benzene rings is 3. The van der Waals surface area contributed by atoms with Gasteiger partial charge in [-0.25, -0.2) is 8.42 Å². The van der Waals surface area contributed by atoms with E-state index in [0.29, 0.717) is 29.9 Å². The molecule has 1 N–H and O–H groups in total. The molecule has 0 atom stereocenters. The summed E-state index contributed by atoms with van der Waals surface area (Å²) < 4.78 is 33.6. The number of ether oxygens (including phenoxy) is 1. The van der Waals surface area contributed by atoms with E-state index in [0.717, 1.165) is 25.7 Å². The van der Waals surface area contributed by atoms with Gasteiger partial charge in [0.25, 0.3) is 5.91 Å². The Balaban J connectivity index is 1.58. The Morgan fingerprint density at radius 3 is 2.17 bits per heavy atom. The summed E-state index contributed by atoms with van der Waals surface area (Å²) in [7, 11) is -2.41. The predicted molar refractivity (Wildman–Crippen MR) is 134 cm³/mol. The van der Waals surface area contributed by atoms with Crippen molar-refractivity contribution < 1.29 is 22.7 Å². The largest absolute Gasteiger partial charge is 0.495 e. The fourth-order valence-corrected chi connectivity index (χ4v) is 5.84. The second-order valence-electron chi connectivity index (χ2n) is 8.41. The Bertz CT molecular complexity index is 1310. The zero-order chi connectivity index (χ0) is 24.8.